The van der Waals surface area contributed by atoms with Gasteiger partial charge in [-0.3, -0.25) is 9.69 Å². The third kappa shape index (κ3) is 5.02. The Morgan fingerprint density at radius 3 is 2.65 bits per heavy atom. The summed E-state index contributed by atoms with van der Waals surface area (Å²) in [4.78, 5) is 35.9. The number of fused-ring (bicyclic) bond motifs is 1. The van der Waals surface area contributed by atoms with Gasteiger partial charge in [0, 0.05) is 28.0 Å². The highest BCUT2D eigenvalue weighted by atomic mass is 32.1. The van der Waals surface area contributed by atoms with Crippen molar-refractivity contribution in [1.82, 2.24) is 9.97 Å². The standard InChI is InChI=1S/C26H26FN3O3S/c1-4-33-25(32)24-17(3)34-26(29-24)30(13-12-18-8-6-5-7-9-18)23(31)15-20-16(2)28-22-11-10-19(27)14-21(20)22/h5-11,14,28H,4,12-13,15H2,1-3H3. The van der Waals surface area contributed by atoms with E-state index in [1.165, 1.54) is 23.5 Å². The van der Waals surface area contributed by atoms with Crippen LogP contribution >= 0.6 is 11.3 Å². The maximum absolute atomic E-state index is 13.9. The molecule has 0 unspecified atom stereocenters. The number of carbonyl (C=O) groups is 2. The third-order valence-electron chi connectivity index (χ3n) is 5.66. The van der Waals surface area contributed by atoms with E-state index in [2.05, 4.69) is 9.97 Å². The first-order valence-electron chi connectivity index (χ1n) is 11.1. The van der Waals surface area contributed by atoms with Crippen LogP contribution in [-0.4, -0.2) is 35.0 Å². The highest BCUT2D eigenvalue weighted by molar-refractivity contribution is 7.16. The first-order chi connectivity index (χ1) is 16.4. The number of carbonyl (C=O) groups excluding carboxylic acids is 2. The number of amides is 1. The second-order valence-electron chi connectivity index (χ2n) is 8.00. The van der Waals surface area contributed by atoms with Crippen molar-refractivity contribution in [2.24, 2.45) is 0 Å². The minimum atomic E-state index is -0.499. The summed E-state index contributed by atoms with van der Waals surface area (Å²) in [6.07, 6.45) is 0.707. The Morgan fingerprint density at radius 2 is 1.91 bits per heavy atom. The number of esters is 1. The van der Waals surface area contributed by atoms with Crippen LogP contribution in [0, 0.1) is 19.7 Å². The number of hydrogen-bond donors (Lipinski definition) is 1. The van der Waals surface area contributed by atoms with Gasteiger partial charge in [0.05, 0.1) is 13.0 Å². The van der Waals surface area contributed by atoms with Gasteiger partial charge in [-0.15, -0.1) is 11.3 Å². The topological polar surface area (TPSA) is 75.3 Å². The smallest absolute Gasteiger partial charge is 0.358 e. The number of nitrogens with zero attached hydrogens (tertiary/aromatic N) is 2. The molecule has 1 amide bonds. The second-order valence-corrected chi connectivity index (χ2v) is 9.18. The molecule has 6 nitrogen and oxygen atoms in total. The first kappa shape index (κ1) is 23.6. The molecule has 2 aromatic heterocycles. The summed E-state index contributed by atoms with van der Waals surface area (Å²) in [6.45, 7) is 6.05. The number of H-pyrrole nitrogens is 1. The van der Waals surface area contributed by atoms with Gasteiger partial charge in [-0.1, -0.05) is 30.3 Å². The van der Waals surface area contributed by atoms with Gasteiger partial charge in [0.25, 0.3) is 0 Å². The Morgan fingerprint density at radius 1 is 1.15 bits per heavy atom. The fraction of sp³-hybridized carbons (Fsp3) is 0.269. The molecule has 4 rings (SSSR count). The van der Waals surface area contributed by atoms with Crippen molar-refractivity contribution in [1.29, 1.82) is 0 Å². The number of halogens is 1. The van der Waals surface area contributed by atoms with E-state index in [9.17, 15) is 14.0 Å². The zero-order valence-electron chi connectivity index (χ0n) is 19.4. The molecular weight excluding hydrogens is 453 g/mol. The minimum Gasteiger partial charge on any atom is -0.461 e. The molecule has 176 valence electrons. The lowest BCUT2D eigenvalue weighted by Crippen LogP contribution is -2.34. The summed E-state index contributed by atoms with van der Waals surface area (Å²) in [6, 6.07) is 14.4. The van der Waals surface area contributed by atoms with Crippen LogP contribution in [0.4, 0.5) is 9.52 Å². The second kappa shape index (κ2) is 10.2. The molecule has 0 aliphatic rings. The molecule has 2 aromatic carbocycles. The van der Waals surface area contributed by atoms with Crippen molar-refractivity contribution < 1.29 is 18.7 Å². The molecule has 4 aromatic rings. The number of aromatic amines is 1. The summed E-state index contributed by atoms with van der Waals surface area (Å²) >= 11 is 1.29. The fourth-order valence-electron chi connectivity index (χ4n) is 3.93. The Hall–Kier alpha value is -3.52. The van der Waals surface area contributed by atoms with Gasteiger partial charge in [-0.05, 0) is 56.5 Å². The maximum atomic E-state index is 13.9. The monoisotopic (exact) mass is 479 g/mol. The number of nitrogens with one attached hydrogen (secondary N) is 1. The van der Waals surface area contributed by atoms with Crippen molar-refractivity contribution >= 4 is 39.2 Å². The van der Waals surface area contributed by atoms with Crippen LogP contribution in [0.15, 0.2) is 48.5 Å². The van der Waals surface area contributed by atoms with E-state index in [-0.39, 0.29) is 30.4 Å². The molecule has 0 spiro atoms. The molecule has 8 heteroatoms. The molecule has 0 radical (unpaired) electrons. The van der Waals surface area contributed by atoms with Crippen molar-refractivity contribution in [3.05, 3.63) is 81.7 Å². The van der Waals surface area contributed by atoms with E-state index in [0.29, 0.717) is 28.4 Å². The number of thiazole rings is 1. The molecule has 0 bridgehead atoms. The zero-order valence-corrected chi connectivity index (χ0v) is 20.2. The van der Waals surface area contributed by atoms with Gasteiger partial charge in [0.2, 0.25) is 5.91 Å². The summed E-state index contributed by atoms with van der Waals surface area (Å²) in [7, 11) is 0. The average Bonchev–Trinajstić information content (AvgIpc) is 3.34. The Labute approximate surface area is 201 Å². The molecule has 0 aliphatic heterocycles. The molecular formula is C26H26FN3O3S. The fourth-order valence-corrected chi connectivity index (χ4v) is 4.87. The number of hydrogen-bond acceptors (Lipinski definition) is 5. The van der Waals surface area contributed by atoms with E-state index in [1.54, 1.807) is 24.8 Å². The molecule has 2 heterocycles. The zero-order chi connectivity index (χ0) is 24.2. The van der Waals surface area contributed by atoms with Crippen LogP contribution in [0.2, 0.25) is 0 Å². The van der Waals surface area contributed by atoms with Crippen molar-refractivity contribution in [3.8, 4) is 0 Å². The van der Waals surface area contributed by atoms with Crippen LogP contribution < -0.4 is 4.90 Å². The van der Waals surface area contributed by atoms with Crippen LogP contribution in [0.5, 0.6) is 0 Å². The van der Waals surface area contributed by atoms with Gasteiger partial charge in [-0.2, -0.15) is 0 Å². The Bertz CT molecular complexity index is 1330. The van der Waals surface area contributed by atoms with Crippen LogP contribution in [0.1, 0.15) is 39.1 Å². The molecule has 34 heavy (non-hydrogen) atoms. The summed E-state index contributed by atoms with van der Waals surface area (Å²) in [5.41, 5.74) is 3.67. The van der Waals surface area contributed by atoms with Crippen LogP contribution in [0.3, 0.4) is 0 Å². The summed E-state index contributed by atoms with van der Waals surface area (Å²) < 4.78 is 19.0. The third-order valence-corrected chi connectivity index (χ3v) is 6.66. The first-order valence-corrected chi connectivity index (χ1v) is 11.9. The van der Waals surface area contributed by atoms with Crippen molar-refractivity contribution in [2.45, 2.75) is 33.6 Å². The number of benzene rings is 2. The van der Waals surface area contributed by atoms with E-state index >= 15 is 0 Å². The largest absolute Gasteiger partial charge is 0.461 e. The lowest BCUT2D eigenvalue weighted by molar-refractivity contribution is -0.118. The van der Waals surface area contributed by atoms with Gasteiger partial charge in [0.15, 0.2) is 10.8 Å². The van der Waals surface area contributed by atoms with E-state index in [0.717, 1.165) is 22.3 Å². The highest BCUT2D eigenvalue weighted by Gasteiger charge is 2.25. The lowest BCUT2D eigenvalue weighted by atomic mass is 10.1. The van der Waals surface area contributed by atoms with Crippen LogP contribution in [0.25, 0.3) is 10.9 Å². The maximum Gasteiger partial charge on any atom is 0.358 e. The molecule has 0 aliphatic carbocycles. The number of ether oxygens (including phenoxy) is 1. The van der Waals surface area contributed by atoms with E-state index in [4.69, 9.17) is 4.74 Å². The number of rotatable bonds is 8. The number of anilines is 1. The molecule has 0 saturated carbocycles. The van der Waals surface area contributed by atoms with Gasteiger partial charge in [0.1, 0.15) is 5.82 Å². The molecule has 0 atom stereocenters. The molecule has 0 saturated heterocycles. The predicted octanol–water partition coefficient (Wildman–Crippen LogP) is 5.38. The Balaban J connectivity index is 1.66. The van der Waals surface area contributed by atoms with Crippen molar-refractivity contribution in [3.63, 3.8) is 0 Å². The Kier molecular flexibility index (Phi) is 7.07. The molecule has 0 fully saturated rings. The van der Waals surface area contributed by atoms with Gasteiger partial charge >= 0.3 is 5.97 Å². The number of aromatic nitrogens is 2. The number of aryl methyl sites for hydroxylation is 2. The average molecular weight is 480 g/mol. The highest BCUT2D eigenvalue weighted by Crippen LogP contribution is 2.29. The van der Waals surface area contributed by atoms with Crippen molar-refractivity contribution in [2.75, 3.05) is 18.1 Å². The molecule has 1 N–H and O–H groups in total. The normalized spacial score (nSPS) is 11.1. The van der Waals surface area contributed by atoms with E-state index in [1.807, 2.05) is 37.3 Å². The predicted molar refractivity (Wildman–Crippen MR) is 132 cm³/mol. The summed E-state index contributed by atoms with van der Waals surface area (Å²) in [5.74, 6) is -1.02. The van der Waals surface area contributed by atoms with Crippen LogP contribution in [-0.2, 0) is 22.4 Å². The minimum absolute atomic E-state index is 0.0808. The van der Waals surface area contributed by atoms with Gasteiger partial charge < -0.3 is 9.72 Å². The quantitative estimate of drug-likeness (QED) is 0.345. The van der Waals surface area contributed by atoms with Gasteiger partial charge in [-0.25, -0.2) is 14.2 Å². The van der Waals surface area contributed by atoms with E-state index < -0.39 is 5.97 Å². The lowest BCUT2D eigenvalue weighted by Gasteiger charge is -2.20. The SMILES string of the molecule is CCOC(=O)c1nc(N(CCc2ccccc2)C(=O)Cc2c(C)[nH]c3ccc(F)cc23)sc1C. The summed E-state index contributed by atoms with van der Waals surface area (Å²) in [5, 5.41) is 1.14.